The summed E-state index contributed by atoms with van der Waals surface area (Å²) < 4.78 is 97.8. The molecule has 41 heavy (non-hydrogen) atoms. The molecule has 0 radical (unpaired) electrons. The number of hydrogen-bond acceptors (Lipinski definition) is 10. The molecule has 0 aliphatic heterocycles. The summed E-state index contributed by atoms with van der Waals surface area (Å²) in [6.45, 7) is -3.69. The van der Waals surface area contributed by atoms with Crippen molar-refractivity contribution in [2.45, 2.75) is 23.2 Å². The van der Waals surface area contributed by atoms with Crippen molar-refractivity contribution in [1.29, 1.82) is 0 Å². The number of alkyl halides is 2. The van der Waals surface area contributed by atoms with E-state index in [1.807, 2.05) is 0 Å². The quantitative estimate of drug-likeness (QED) is 0.226. The summed E-state index contributed by atoms with van der Waals surface area (Å²) in [4.78, 5) is 18.8. The molecule has 0 saturated heterocycles. The van der Waals surface area contributed by atoms with Crippen molar-refractivity contribution in [3.05, 3.63) is 60.4 Å². The number of nitrogens with zero attached hydrogens (tertiary/aromatic N) is 3. The fourth-order valence-electron chi connectivity index (χ4n) is 3.75. The SMILES string of the molecule is COc1ccnc(CNS(=O)(=O)c2nc3ccc(OC(F)F)cc3n2S(=O)(=O)c2ccc(NC(N)=O)cc2)c1OC. The van der Waals surface area contributed by atoms with Crippen LogP contribution in [0.5, 0.6) is 17.2 Å². The molecule has 0 unspecified atom stereocenters. The van der Waals surface area contributed by atoms with Gasteiger partial charge in [0.15, 0.2) is 11.5 Å². The zero-order chi connectivity index (χ0) is 29.9. The first-order chi connectivity index (χ1) is 19.4. The summed E-state index contributed by atoms with van der Waals surface area (Å²) in [6, 6.07) is 8.33. The number of urea groups is 1. The molecule has 0 saturated carbocycles. The van der Waals surface area contributed by atoms with Crippen molar-refractivity contribution < 1.29 is 44.6 Å². The number of aromatic nitrogens is 3. The second-order valence-corrected chi connectivity index (χ2v) is 11.5. The van der Waals surface area contributed by atoms with Gasteiger partial charge in [-0.05, 0) is 36.4 Å². The van der Waals surface area contributed by atoms with Crippen molar-refractivity contribution in [3.63, 3.8) is 0 Å². The topological polar surface area (TPSA) is 194 Å². The molecule has 2 aromatic heterocycles. The van der Waals surface area contributed by atoms with Gasteiger partial charge in [0.25, 0.3) is 25.2 Å². The van der Waals surface area contributed by atoms with E-state index in [0.717, 1.165) is 30.3 Å². The number of anilines is 1. The first-order valence-electron chi connectivity index (χ1n) is 11.3. The standard InChI is InChI=1S/C23H22F2N6O8S2/c1-37-19-9-10-27-17(20(19)38-2)12-28-40(33,34)23-30-16-8-5-14(39-21(24)25)11-18(16)31(23)41(35,36)15-6-3-13(4-7-15)29-22(26)32/h3-11,21,28H,12H2,1-2H3,(H3,26,29,32). The molecule has 0 bridgehead atoms. The van der Waals surface area contributed by atoms with Gasteiger partial charge in [-0.2, -0.15) is 8.78 Å². The van der Waals surface area contributed by atoms with E-state index in [2.05, 4.69) is 24.7 Å². The molecular weight excluding hydrogens is 590 g/mol. The molecule has 218 valence electrons. The first kappa shape index (κ1) is 29.4. The number of amides is 2. The Labute approximate surface area is 232 Å². The van der Waals surface area contributed by atoms with E-state index in [0.29, 0.717) is 3.97 Å². The fraction of sp³-hybridized carbons (Fsp3) is 0.174. The third kappa shape index (κ3) is 6.13. The highest BCUT2D eigenvalue weighted by Crippen LogP contribution is 2.31. The Hall–Kier alpha value is -4.55. The van der Waals surface area contributed by atoms with Crippen LogP contribution in [0, 0.1) is 0 Å². The molecule has 4 aromatic rings. The van der Waals surface area contributed by atoms with E-state index in [9.17, 15) is 30.4 Å². The lowest BCUT2D eigenvalue weighted by Gasteiger charge is -2.14. The number of halogens is 2. The number of nitrogens with one attached hydrogen (secondary N) is 2. The van der Waals surface area contributed by atoms with E-state index < -0.39 is 55.0 Å². The summed E-state index contributed by atoms with van der Waals surface area (Å²) in [5.74, 6) is -0.0308. The summed E-state index contributed by atoms with van der Waals surface area (Å²) in [6.07, 6.45) is 1.35. The van der Waals surface area contributed by atoms with Gasteiger partial charge in [0.2, 0.25) is 0 Å². The zero-order valence-corrected chi connectivity index (χ0v) is 22.9. The smallest absolute Gasteiger partial charge is 0.387 e. The van der Waals surface area contributed by atoms with Crippen molar-refractivity contribution in [3.8, 4) is 17.2 Å². The third-order valence-corrected chi connectivity index (χ3v) is 8.59. The van der Waals surface area contributed by atoms with Gasteiger partial charge in [-0.25, -0.2) is 35.3 Å². The Balaban J connectivity index is 1.84. The van der Waals surface area contributed by atoms with Gasteiger partial charge in [-0.3, -0.25) is 4.98 Å². The van der Waals surface area contributed by atoms with Gasteiger partial charge in [-0.1, -0.05) is 0 Å². The van der Waals surface area contributed by atoms with Crippen LogP contribution in [-0.2, 0) is 26.6 Å². The van der Waals surface area contributed by atoms with Crippen LogP contribution < -0.4 is 30.0 Å². The van der Waals surface area contributed by atoms with Crippen molar-refractivity contribution >= 4 is 42.8 Å². The number of carbonyl (C=O) groups excluding carboxylic acids is 1. The Morgan fingerprint density at radius 3 is 2.37 bits per heavy atom. The maximum Gasteiger partial charge on any atom is 0.387 e. The number of benzene rings is 2. The van der Waals surface area contributed by atoms with Crippen LogP contribution >= 0.6 is 0 Å². The second kappa shape index (κ2) is 11.5. The Morgan fingerprint density at radius 2 is 1.76 bits per heavy atom. The molecule has 4 N–H and O–H groups in total. The largest absolute Gasteiger partial charge is 0.493 e. The Morgan fingerprint density at radius 1 is 1.05 bits per heavy atom. The van der Waals surface area contributed by atoms with E-state index in [1.54, 1.807) is 0 Å². The molecule has 2 aromatic carbocycles. The molecule has 2 amide bonds. The zero-order valence-electron chi connectivity index (χ0n) is 21.2. The highest BCUT2D eigenvalue weighted by molar-refractivity contribution is 7.92. The number of hydrogen-bond donors (Lipinski definition) is 3. The van der Waals surface area contributed by atoms with Crippen LogP contribution in [0.1, 0.15) is 5.69 Å². The van der Waals surface area contributed by atoms with Crippen molar-refractivity contribution in [2.24, 2.45) is 5.73 Å². The monoisotopic (exact) mass is 612 g/mol. The second-order valence-electron chi connectivity index (χ2n) is 8.02. The van der Waals surface area contributed by atoms with Crippen LogP contribution in [-0.4, -0.2) is 57.6 Å². The average molecular weight is 613 g/mol. The highest BCUT2D eigenvalue weighted by Gasteiger charge is 2.32. The molecule has 2 heterocycles. The lowest BCUT2D eigenvalue weighted by molar-refractivity contribution is -0.0497. The molecule has 0 atom stereocenters. The van der Waals surface area contributed by atoms with Gasteiger partial charge >= 0.3 is 12.6 Å². The number of carbonyl (C=O) groups is 1. The van der Waals surface area contributed by atoms with Gasteiger partial charge < -0.3 is 25.3 Å². The summed E-state index contributed by atoms with van der Waals surface area (Å²) in [5, 5.41) is 1.30. The molecular formula is C23H22F2N6O8S2. The number of methoxy groups -OCH3 is 2. The molecule has 0 fully saturated rings. The first-order valence-corrected chi connectivity index (χ1v) is 14.2. The van der Waals surface area contributed by atoms with Crippen LogP contribution in [0.4, 0.5) is 19.3 Å². The molecule has 18 heteroatoms. The van der Waals surface area contributed by atoms with E-state index >= 15 is 0 Å². The van der Waals surface area contributed by atoms with Crippen LogP contribution in [0.25, 0.3) is 11.0 Å². The number of sulfonamides is 1. The molecule has 14 nitrogen and oxygen atoms in total. The summed E-state index contributed by atoms with van der Waals surface area (Å²) in [7, 11) is -6.77. The highest BCUT2D eigenvalue weighted by atomic mass is 32.2. The number of primary amides is 1. The van der Waals surface area contributed by atoms with Gasteiger partial charge in [0.05, 0.1) is 36.7 Å². The predicted octanol–water partition coefficient (Wildman–Crippen LogP) is 2.26. The molecule has 0 spiro atoms. The van der Waals surface area contributed by atoms with Crippen LogP contribution in [0.15, 0.2) is 64.8 Å². The van der Waals surface area contributed by atoms with Gasteiger partial charge in [0.1, 0.15) is 11.4 Å². The molecule has 0 aliphatic rings. The third-order valence-electron chi connectivity index (χ3n) is 5.48. The molecule has 0 aliphatic carbocycles. The van der Waals surface area contributed by atoms with Gasteiger partial charge in [0, 0.05) is 24.0 Å². The Bertz CT molecular complexity index is 1810. The lowest BCUT2D eigenvalue weighted by Crippen LogP contribution is -2.29. The van der Waals surface area contributed by atoms with Crippen molar-refractivity contribution in [1.82, 2.24) is 18.7 Å². The minimum atomic E-state index is -4.75. The number of pyridine rings is 1. The number of ether oxygens (including phenoxy) is 3. The maximum atomic E-state index is 13.8. The maximum absolute atomic E-state index is 13.8. The van der Waals surface area contributed by atoms with Crippen LogP contribution in [0.3, 0.4) is 0 Å². The fourth-order valence-corrected chi connectivity index (χ4v) is 6.67. The molecule has 4 rings (SSSR count). The summed E-state index contributed by atoms with van der Waals surface area (Å²) in [5.41, 5.74) is 4.83. The lowest BCUT2D eigenvalue weighted by atomic mass is 10.3. The normalized spacial score (nSPS) is 11.9. The van der Waals surface area contributed by atoms with Crippen molar-refractivity contribution in [2.75, 3.05) is 19.5 Å². The van der Waals surface area contributed by atoms with E-state index in [4.69, 9.17) is 15.2 Å². The number of rotatable bonds is 11. The average Bonchev–Trinajstić information content (AvgIpc) is 3.32. The number of imidazole rings is 1. The minimum Gasteiger partial charge on any atom is -0.493 e. The number of nitrogens with two attached hydrogens (primary N) is 1. The van der Waals surface area contributed by atoms with E-state index in [1.165, 1.54) is 38.6 Å². The van der Waals surface area contributed by atoms with Gasteiger partial charge in [-0.15, -0.1) is 0 Å². The van der Waals surface area contributed by atoms with Crippen LogP contribution in [0.2, 0.25) is 0 Å². The summed E-state index contributed by atoms with van der Waals surface area (Å²) >= 11 is 0. The Kier molecular flexibility index (Phi) is 8.27. The minimum absolute atomic E-state index is 0.117. The predicted molar refractivity (Wildman–Crippen MR) is 140 cm³/mol. The van der Waals surface area contributed by atoms with E-state index in [-0.39, 0.29) is 33.9 Å². The number of fused-ring (bicyclic) bond motifs is 1.